The van der Waals surface area contributed by atoms with E-state index in [1.165, 1.54) is 45.7 Å². The Hall–Kier alpha value is -1.39. The van der Waals surface area contributed by atoms with Gasteiger partial charge in [0.15, 0.2) is 5.96 Å². The maximum absolute atomic E-state index is 12.1. The largest absolute Gasteiger partial charge is 0.357 e. The minimum absolute atomic E-state index is 0. The maximum Gasteiger partial charge on any atom is 0.253 e. The van der Waals surface area contributed by atoms with Gasteiger partial charge in [-0.3, -0.25) is 9.79 Å². The van der Waals surface area contributed by atoms with Gasteiger partial charge in [0.25, 0.3) is 5.91 Å². The molecule has 0 spiro atoms. The van der Waals surface area contributed by atoms with Crippen molar-refractivity contribution >= 4 is 35.8 Å². The van der Waals surface area contributed by atoms with Crippen LogP contribution in [0.2, 0.25) is 0 Å². The predicted octanol–water partition coefficient (Wildman–Crippen LogP) is 2.52. The molecule has 32 heavy (non-hydrogen) atoms. The molecule has 0 aliphatic carbocycles. The Labute approximate surface area is 212 Å². The van der Waals surface area contributed by atoms with Gasteiger partial charge in [-0.2, -0.15) is 0 Å². The second kappa shape index (κ2) is 16.3. The second-order valence-corrected chi connectivity index (χ2v) is 8.32. The van der Waals surface area contributed by atoms with E-state index in [0.29, 0.717) is 0 Å². The van der Waals surface area contributed by atoms with Crippen LogP contribution in [0.3, 0.4) is 0 Å². The summed E-state index contributed by atoms with van der Waals surface area (Å²) in [6.45, 7) is 14.0. The summed E-state index contributed by atoms with van der Waals surface area (Å²) in [4.78, 5) is 23.6. The van der Waals surface area contributed by atoms with Crippen LogP contribution >= 0.6 is 24.0 Å². The summed E-state index contributed by atoms with van der Waals surface area (Å²) in [7, 11) is 3.56. The van der Waals surface area contributed by atoms with Crippen LogP contribution in [0.5, 0.6) is 0 Å². The standard InChI is InChI=1S/C24H42N6O.HI/c1-5-25-24(26-13-7-8-15-30-18-16-29(6-2)17-19-30)27-14-12-21-10-9-11-22(20-21)23(31)28(3)4;/h9-11,20H,5-8,12-19H2,1-4H3,(H2,25,26,27);1H. The van der Waals surface area contributed by atoms with Crippen LogP contribution in [0.4, 0.5) is 0 Å². The van der Waals surface area contributed by atoms with E-state index in [-0.39, 0.29) is 29.9 Å². The molecule has 1 aliphatic rings. The first-order valence-electron chi connectivity index (χ1n) is 11.8. The van der Waals surface area contributed by atoms with Crippen molar-refractivity contribution < 1.29 is 4.79 Å². The minimum Gasteiger partial charge on any atom is -0.357 e. The highest BCUT2D eigenvalue weighted by Gasteiger charge is 2.14. The molecule has 1 aromatic carbocycles. The molecule has 1 heterocycles. The van der Waals surface area contributed by atoms with Gasteiger partial charge in [-0.25, -0.2) is 0 Å². The highest BCUT2D eigenvalue weighted by atomic mass is 127. The van der Waals surface area contributed by atoms with Gasteiger partial charge in [-0.1, -0.05) is 19.1 Å². The molecule has 1 saturated heterocycles. The molecule has 0 atom stereocenters. The monoisotopic (exact) mass is 558 g/mol. The van der Waals surface area contributed by atoms with E-state index in [1.807, 2.05) is 18.2 Å². The second-order valence-electron chi connectivity index (χ2n) is 8.32. The number of piperazine rings is 1. The number of hydrogen-bond donors (Lipinski definition) is 2. The van der Waals surface area contributed by atoms with Crippen LogP contribution < -0.4 is 10.6 Å². The van der Waals surface area contributed by atoms with Crippen LogP contribution in [0.1, 0.15) is 42.6 Å². The first-order chi connectivity index (χ1) is 15.0. The van der Waals surface area contributed by atoms with Crippen LogP contribution in [0.25, 0.3) is 0 Å². The average molecular weight is 559 g/mol. The summed E-state index contributed by atoms with van der Waals surface area (Å²) in [5.74, 6) is 0.913. The highest BCUT2D eigenvalue weighted by Crippen LogP contribution is 2.08. The van der Waals surface area contributed by atoms with Crippen LogP contribution in [-0.4, -0.2) is 99.6 Å². The fraction of sp³-hybridized carbons (Fsp3) is 0.667. The van der Waals surface area contributed by atoms with Gasteiger partial charge >= 0.3 is 0 Å². The SMILES string of the molecule is CCNC(=NCCCCN1CCN(CC)CC1)NCCc1cccc(C(=O)N(C)C)c1.I. The predicted molar refractivity (Wildman–Crippen MR) is 145 cm³/mol. The number of likely N-dealkylation sites (N-methyl/N-ethyl adjacent to an activating group) is 1. The Morgan fingerprint density at radius 2 is 1.78 bits per heavy atom. The third-order valence-corrected chi connectivity index (χ3v) is 5.69. The molecule has 1 aromatic rings. The lowest BCUT2D eigenvalue weighted by Gasteiger charge is -2.33. The molecule has 0 radical (unpaired) electrons. The molecular weight excluding hydrogens is 515 g/mol. The Morgan fingerprint density at radius 3 is 2.44 bits per heavy atom. The van der Waals surface area contributed by atoms with Gasteiger partial charge in [0, 0.05) is 65.5 Å². The number of amides is 1. The molecule has 1 amide bonds. The van der Waals surface area contributed by atoms with Crippen LogP contribution in [0, 0.1) is 0 Å². The van der Waals surface area contributed by atoms with Gasteiger partial charge in [-0.15, -0.1) is 24.0 Å². The Morgan fingerprint density at radius 1 is 1.06 bits per heavy atom. The summed E-state index contributed by atoms with van der Waals surface area (Å²) in [6.07, 6.45) is 3.16. The van der Waals surface area contributed by atoms with E-state index < -0.39 is 0 Å². The number of nitrogens with one attached hydrogen (secondary N) is 2. The third-order valence-electron chi connectivity index (χ3n) is 5.69. The van der Waals surface area contributed by atoms with Gasteiger partial charge in [0.1, 0.15) is 0 Å². The fourth-order valence-corrected chi connectivity index (χ4v) is 3.75. The van der Waals surface area contributed by atoms with Crippen molar-refractivity contribution in [1.82, 2.24) is 25.3 Å². The quantitative estimate of drug-likeness (QED) is 0.189. The summed E-state index contributed by atoms with van der Waals surface area (Å²) >= 11 is 0. The lowest BCUT2D eigenvalue weighted by molar-refractivity contribution is 0.0827. The topological polar surface area (TPSA) is 63.2 Å². The molecule has 7 nitrogen and oxygen atoms in total. The minimum atomic E-state index is 0. The first-order valence-corrected chi connectivity index (χ1v) is 11.8. The summed E-state index contributed by atoms with van der Waals surface area (Å²) in [6, 6.07) is 7.87. The van der Waals surface area contributed by atoms with E-state index in [1.54, 1.807) is 19.0 Å². The number of benzene rings is 1. The normalized spacial score (nSPS) is 15.2. The van der Waals surface area contributed by atoms with Crippen LogP contribution in [-0.2, 0) is 6.42 Å². The zero-order valence-electron chi connectivity index (χ0n) is 20.4. The molecule has 1 fully saturated rings. The van der Waals surface area contributed by atoms with Crippen molar-refractivity contribution in [2.75, 3.05) is 73.0 Å². The Bertz CT molecular complexity index is 689. The van der Waals surface area contributed by atoms with Crippen LogP contribution in [0.15, 0.2) is 29.3 Å². The van der Waals surface area contributed by atoms with Crippen molar-refractivity contribution in [3.05, 3.63) is 35.4 Å². The van der Waals surface area contributed by atoms with Crippen molar-refractivity contribution in [3.8, 4) is 0 Å². The fourth-order valence-electron chi connectivity index (χ4n) is 3.75. The van der Waals surface area contributed by atoms with Gasteiger partial charge in [0.2, 0.25) is 0 Å². The number of rotatable bonds is 11. The Kier molecular flexibility index (Phi) is 14.6. The zero-order chi connectivity index (χ0) is 22.5. The number of guanidine groups is 1. The van der Waals surface area contributed by atoms with E-state index in [0.717, 1.165) is 49.6 Å². The van der Waals surface area contributed by atoms with Gasteiger partial charge in [0.05, 0.1) is 0 Å². The number of carbonyl (C=O) groups excluding carboxylic acids is 1. The molecule has 182 valence electrons. The Balaban J connectivity index is 0.00000512. The summed E-state index contributed by atoms with van der Waals surface area (Å²) in [5, 5.41) is 6.75. The number of carbonyl (C=O) groups is 1. The van der Waals surface area contributed by atoms with Gasteiger partial charge in [-0.05, 0) is 57.0 Å². The van der Waals surface area contributed by atoms with E-state index in [2.05, 4.69) is 40.3 Å². The third kappa shape index (κ3) is 10.5. The van der Waals surface area contributed by atoms with Crippen molar-refractivity contribution in [3.63, 3.8) is 0 Å². The smallest absolute Gasteiger partial charge is 0.253 e. The lowest BCUT2D eigenvalue weighted by atomic mass is 10.1. The number of unbranched alkanes of at least 4 members (excludes halogenated alkanes) is 1. The lowest BCUT2D eigenvalue weighted by Crippen LogP contribution is -2.46. The molecule has 8 heteroatoms. The molecule has 2 rings (SSSR count). The molecule has 0 aromatic heterocycles. The van der Waals surface area contributed by atoms with Crippen molar-refractivity contribution in [2.45, 2.75) is 33.1 Å². The molecule has 1 aliphatic heterocycles. The zero-order valence-corrected chi connectivity index (χ0v) is 22.7. The molecule has 0 saturated carbocycles. The van der Waals surface area contributed by atoms with Crippen molar-refractivity contribution in [1.29, 1.82) is 0 Å². The van der Waals surface area contributed by atoms with E-state index in [9.17, 15) is 4.79 Å². The number of hydrogen-bond acceptors (Lipinski definition) is 4. The highest BCUT2D eigenvalue weighted by molar-refractivity contribution is 14.0. The summed E-state index contributed by atoms with van der Waals surface area (Å²) < 4.78 is 0. The molecule has 0 bridgehead atoms. The van der Waals surface area contributed by atoms with E-state index >= 15 is 0 Å². The number of halogens is 1. The molecule has 2 N–H and O–H groups in total. The number of aliphatic imine (C=N–C) groups is 1. The van der Waals surface area contributed by atoms with Gasteiger partial charge < -0.3 is 25.3 Å². The first kappa shape index (κ1) is 28.6. The number of nitrogens with zero attached hydrogens (tertiary/aromatic N) is 4. The molecule has 0 unspecified atom stereocenters. The van der Waals surface area contributed by atoms with Crippen molar-refractivity contribution in [2.24, 2.45) is 4.99 Å². The molecular formula is C24H43IN6O. The van der Waals surface area contributed by atoms with E-state index in [4.69, 9.17) is 4.99 Å². The average Bonchev–Trinajstić information content (AvgIpc) is 2.78. The summed E-state index contributed by atoms with van der Waals surface area (Å²) in [5.41, 5.74) is 1.89. The maximum atomic E-state index is 12.1.